The van der Waals surface area contributed by atoms with Gasteiger partial charge in [0.15, 0.2) is 0 Å². The van der Waals surface area contributed by atoms with Gasteiger partial charge in [-0.2, -0.15) is 0 Å². The van der Waals surface area contributed by atoms with Crippen LogP contribution in [0.1, 0.15) is 0 Å². The van der Waals surface area contributed by atoms with E-state index in [1.54, 1.807) is 47.8 Å². The Bertz CT molecular complexity index is 591. The van der Waals surface area contributed by atoms with Crippen molar-refractivity contribution in [3.63, 3.8) is 0 Å². The Balaban J connectivity index is 2.39. The summed E-state index contributed by atoms with van der Waals surface area (Å²) in [5.74, 6) is 0. The molecule has 0 saturated heterocycles. The zero-order valence-corrected chi connectivity index (χ0v) is 13.1. The van der Waals surface area contributed by atoms with Gasteiger partial charge in [-0.15, -0.1) is 23.5 Å². The van der Waals surface area contributed by atoms with Crippen molar-refractivity contribution < 1.29 is 8.42 Å². The topological polar surface area (TPSA) is 34.1 Å². The first-order chi connectivity index (χ1) is 9.07. The van der Waals surface area contributed by atoms with Crippen molar-refractivity contribution >= 4 is 33.4 Å². The minimum Gasteiger partial charge on any atom is -0.219 e. The Morgan fingerprint density at radius 2 is 1.00 bits per heavy atom. The highest BCUT2D eigenvalue weighted by atomic mass is 32.2. The maximum absolute atomic E-state index is 12.4. The SMILES string of the molecule is CSc1ccc(S(=O)(=O)c2ccc(SC)cc2)cc1. The number of hydrogen-bond donors (Lipinski definition) is 0. The average Bonchev–Trinajstić information content (AvgIpc) is 2.47. The van der Waals surface area contributed by atoms with Crippen LogP contribution >= 0.6 is 23.5 Å². The van der Waals surface area contributed by atoms with Crippen LogP contribution in [0.25, 0.3) is 0 Å². The van der Waals surface area contributed by atoms with Crippen LogP contribution in [0.2, 0.25) is 0 Å². The summed E-state index contributed by atoms with van der Waals surface area (Å²) < 4.78 is 24.8. The second-order valence-electron chi connectivity index (χ2n) is 3.85. The van der Waals surface area contributed by atoms with Crippen molar-refractivity contribution in [1.29, 1.82) is 0 Å². The maximum atomic E-state index is 12.4. The van der Waals surface area contributed by atoms with Crippen LogP contribution in [-0.2, 0) is 9.84 Å². The van der Waals surface area contributed by atoms with Gasteiger partial charge in [0.25, 0.3) is 0 Å². The van der Waals surface area contributed by atoms with Crippen LogP contribution in [0, 0.1) is 0 Å². The lowest BCUT2D eigenvalue weighted by atomic mass is 10.4. The Morgan fingerprint density at radius 1 is 0.684 bits per heavy atom. The van der Waals surface area contributed by atoms with E-state index < -0.39 is 9.84 Å². The first-order valence-electron chi connectivity index (χ1n) is 5.61. The molecule has 100 valence electrons. The molecule has 0 fully saturated rings. The van der Waals surface area contributed by atoms with Gasteiger partial charge in [-0.3, -0.25) is 0 Å². The molecule has 0 bridgehead atoms. The predicted molar refractivity (Wildman–Crippen MR) is 81.9 cm³/mol. The molecule has 0 amide bonds. The molecule has 0 atom stereocenters. The van der Waals surface area contributed by atoms with Gasteiger partial charge in [0.05, 0.1) is 9.79 Å². The van der Waals surface area contributed by atoms with Gasteiger partial charge in [0.2, 0.25) is 9.84 Å². The second-order valence-corrected chi connectivity index (χ2v) is 7.56. The van der Waals surface area contributed by atoms with Crippen LogP contribution in [0.4, 0.5) is 0 Å². The third-order valence-corrected chi connectivity index (χ3v) is 6.01. The van der Waals surface area contributed by atoms with Crippen molar-refractivity contribution in [2.75, 3.05) is 12.5 Å². The largest absolute Gasteiger partial charge is 0.219 e. The van der Waals surface area contributed by atoms with E-state index in [1.165, 1.54) is 0 Å². The van der Waals surface area contributed by atoms with Crippen LogP contribution in [0.5, 0.6) is 0 Å². The average molecular weight is 310 g/mol. The Morgan fingerprint density at radius 3 is 1.26 bits per heavy atom. The predicted octanol–water partition coefficient (Wildman–Crippen LogP) is 3.96. The molecular formula is C14H14O2S3. The molecule has 0 N–H and O–H groups in total. The van der Waals surface area contributed by atoms with E-state index in [0.29, 0.717) is 9.79 Å². The van der Waals surface area contributed by atoms with Crippen LogP contribution in [0.3, 0.4) is 0 Å². The highest BCUT2D eigenvalue weighted by molar-refractivity contribution is 7.98. The summed E-state index contributed by atoms with van der Waals surface area (Å²) in [4.78, 5) is 2.78. The molecule has 0 saturated carbocycles. The first-order valence-corrected chi connectivity index (χ1v) is 9.54. The van der Waals surface area contributed by atoms with Crippen molar-refractivity contribution in [3.8, 4) is 0 Å². The number of benzene rings is 2. The van der Waals surface area contributed by atoms with E-state index in [0.717, 1.165) is 9.79 Å². The molecule has 19 heavy (non-hydrogen) atoms. The molecule has 0 aromatic heterocycles. The Labute approximate surface area is 122 Å². The lowest BCUT2D eigenvalue weighted by Crippen LogP contribution is -2.01. The van der Waals surface area contributed by atoms with Gasteiger partial charge < -0.3 is 0 Å². The third-order valence-electron chi connectivity index (χ3n) is 2.74. The highest BCUT2D eigenvalue weighted by Gasteiger charge is 2.17. The fourth-order valence-corrected chi connectivity index (χ4v) is 3.72. The number of thioether (sulfide) groups is 2. The quantitative estimate of drug-likeness (QED) is 0.800. The molecule has 0 spiro atoms. The summed E-state index contributed by atoms with van der Waals surface area (Å²) in [6.07, 6.45) is 3.93. The maximum Gasteiger partial charge on any atom is 0.206 e. The summed E-state index contributed by atoms with van der Waals surface area (Å²) in [7, 11) is -3.41. The molecule has 0 radical (unpaired) electrons. The van der Waals surface area contributed by atoms with Gasteiger partial charge in [-0.05, 0) is 61.0 Å². The molecule has 0 heterocycles. The summed E-state index contributed by atoms with van der Waals surface area (Å²) >= 11 is 3.18. The Kier molecular flexibility index (Phi) is 4.60. The number of rotatable bonds is 4. The van der Waals surface area contributed by atoms with E-state index in [1.807, 2.05) is 36.8 Å². The minimum absolute atomic E-state index is 0.335. The first kappa shape index (κ1) is 14.5. The zero-order valence-electron chi connectivity index (χ0n) is 10.7. The molecule has 5 heteroatoms. The smallest absolute Gasteiger partial charge is 0.206 e. The number of sulfone groups is 1. The molecular weight excluding hydrogens is 296 g/mol. The fourth-order valence-electron chi connectivity index (χ4n) is 1.65. The van der Waals surface area contributed by atoms with E-state index in [9.17, 15) is 8.42 Å². The number of hydrogen-bond acceptors (Lipinski definition) is 4. The van der Waals surface area contributed by atoms with Crippen LogP contribution in [0.15, 0.2) is 68.1 Å². The molecule has 2 rings (SSSR count). The summed E-state index contributed by atoms with van der Waals surface area (Å²) in [6.45, 7) is 0. The molecule has 0 aliphatic heterocycles. The molecule has 2 aromatic carbocycles. The molecule has 0 aliphatic rings. The van der Waals surface area contributed by atoms with Crippen LogP contribution < -0.4 is 0 Å². The van der Waals surface area contributed by atoms with E-state index in [-0.39, 0.29) is 0 Å². The standard InChI is InChI=1S/C14H14O2S3/c1-17-11-3-7-13(8-4-11)19(15,16)14-9-5-12(18-2)6-10-14/h3-10H,1-2H3. The monoisotopic (exact) mass is 310 g/mol. The van der Waals surface area contributed by atoms with Crippen molar-refractivity contribution in [3.05, 3.63) is 48.5 Å². The van der Waals surface area contributed by atoms with Crippen molar-refractivity contribution in [2.24, 2.45) is 0 Å². The molecule has 0 unspecified atom stereocenters. The molecule has 2 aromatic rings. The lowest BCUT2D eigenvalue weighted by Gasteiger charge is -2.06. The summed E-state index contributed by atoms with van der Waals surface area (Å²) in [5, 5.41) is 0. The lowest BCUT2D eigenvalue weighted by molar-refractivity contribution is 0.596. The third kappa shape index (κ3) is 3.16. The fraction of sp³-hybridized carbons (Fsp3) is 0.143. The van der Waals surface area contributed by atoms with Gasteiger partial charge in [0.1, 0.15) is 0 Å². The second kappa shape index (κ2) is 6.03. The van der Waals surface area contributed by atoms with E-state index >= 15 is 0 Å². The van der Waals surface area contributed by atoms with Gasteiger partial charge in [-0.1, -0.05) is 0 Å². The minimum atomic E-state index is -3.41. The van der Waals surface area contributed by atoms with Crippen LogP contribution in [-0.4, -0.2) is 20.9 Å². The van der Waals surface area contributed by atoms with Gasteiger partial charge >= 0.3 is 0 Å². The highest BCUT2D eigenvalue weighted by Crippen LogP contribution is 2.25. The Hall–Kier alpha value is -0.910. The van der Waals surface area contributed by atoms with E-state index in [2.05, 4.69) is 0 Å². The van der Waals surface area contributed by atoms with Crippen molar-refractivity contribution in [2.45, 2.75) is 19.6 Å². The van der Waals surface area contributed by atoms with Gasteiger partial charge in [-0.25, -0.2) is 8.42 Å². The zero-order chi connectivity index (χ0) is 13.9. The molecule has 2 nitrogen and oxygen atoms in total. The van der Waals surface area contributed by atoms with E-state index in [4.69, 9.17) is 0 Å². The normalized spacial score (nSPS) is 11.5. The van der Waals surface area contributed by atoms with Gasteiger partial charge in [0, 0.05) is 9.79 Å². The summed E-state index contributed by atoms with van der Waals surface area (Å²) in [6, 6.07) is 13.9. The molecule has 0 aliphatic carbocycles. The summed E-state index contributed by atoms with van der Waals surface area (Å²) in [5.41, 5.74) is 0. The van der Waals surface area contributed by atoms with Crippen molar-refractivity contribution in [1.82, 2.24) is 0 Å².